The molecule has 1 heteroatoms. The zero-order valence-corrected chi connectivity index (χ0v) is 6.75. The van der Waals surface area contributed by atoms with Crippen molar-refractivity contribution in [1.82, 2.24) is 0 Å². The highest BCUT2D eigenvalue weighted by Crippen LogP contribution is 2.34. The van der Waals surface area contributed by atoms with E-state index in [9.17, 15) is 4.79 Å². The predicted molar refractivity (Wildman–Crippen MR) is 44.2 cm³/mol. The Hall–Kier alpha value is -0.590. The first kappa shape index (κ1) is 7.08. The van der Waals surface area contributed by atoms with Crippen LogP contribution >= 0.6 is 0 Å². The van der Waals surface area contributed by atoms with Gasteiger partial charge in [-0.3, -0.25) is 4.79 Å². The molecule has 0 aromatic carbocycles. The first-order chi connectivity index (χ1) is 5.36. The zero-order chi connectivity index (χ0) is 7.68. The molecule has 2 bridgehead atoms. The van der Waals surface area contributed by atoms with Crippen LogP contribution in [0.25, 0.3) is 0 Å². The van der Waals surface area contributed by atoms with Crippen molar-refractivity contribution in [3.8, 4) is 0 Å². The van der Waals surface area contributed by atoms with Gasteiger partial charge in [-0.25, -0.2) is 0 Å². The Morgan fingerprint density at radius 3 is 3.18 bits per heavy atom. The first-order valence-electron chi connectivity index (χ1n) is 4.54. The lowest BCUT2D eigenvalue weighted by Gasteiger charge is -2.09. The van der Waals surface area contributed by atoms with E-state index in [0.29, 0.717) is 17.6 Å². The van der Waals surface area contributed by atoms with E-state index in [1.165, 1.54) is 6.42 Å². The second-order valence-electron chi connectivity index (χ2n) is 3.75. The normalized spacial score (nSPS) is 39.8. The van der Waals surface area contributed by atoms with Gasteiger partial charge in [0.15, 0.2) is 0 Å². The van der Waals surface area contributed by atoms with E-state index in [-0.39, 0.29) is 0 Å². The molecule has 2 unspecified atom stereocenters. The fourth-order valence-corrected chi connectivity index (χ4v) is 2.23. The Labute approximate surface area is 67.5 Å². The standard InChI is InChI=1S/C10H14O/c11-10-7-8-4-2-1-3-5-9(10)6-8/h1-2,8-9H,3-7H2/b2-1-. The third-order valence-electron chi connectivity index (χ3n) is 2.88. The minimum absolute atomic E-state index is 0.421. The summed E-state index contributed by atoms with van der Waals surface area (Å²) in [6.45, 7) is 0. The summed E-state index contributed by atoms with van der Waals surface area (Å²) in [5, 5.41) is 0. The summed E-state index contributed by atoms with van der Waals surface area (Å²) >= 11 is 0. The summed E-state index contributed by atoms with van der Waals surface area (Å²) in [6.07, 6.45) is 9.87. The van der Waals surface area contributed by atoms with Crippen LogP contribution in [0.1, 0.15) is 32.1 Å². The second-order valence-corrected chi connectivity index (χ2v) is 3.75. The molecule has 0 aliphatic heterocycles. The molecule has 0 saturated heterocycles. The number of carbonyl (C=O) groups excluding carboxylic acids is 1. The van der Waals surface area contributed by atoms with E-state index in [4.69, 9.17) is 0 Å². The molecule has 0 spiro atoms. The van der Waals surface area contributed by atoms with Crippen molar-refractivity contribution in [3.05, 3.63) is 12.2 Å². The predicted octanol–water partition coefficient (Wildman–Crippen LogP) is 2.32. The van der Waals surface area contributed by atoms with Gasteiger partial charge in [-0.05, 0) is 31.6 Å². The van der Waals surface area contributed by atoms with Crippen molar-refractivity contribution in [2.24, 2.45) is 11.8 Å². The lowest BCUT2D eigenvalue weighted by atomic mass is 9.95. The van der Waals surface area contributed by atoms with Crippen LogP contribution < -0.4 is 0 Å². The van der Waals surface area contributed by atoms with Gasteiger partial charge in [-0.15, -0.1) is 0 Å². The van der Waals surface area contributed by atoms with Crippen molar-refractivity contribution in [1.29, 1.82) is 0 Å². The Bertz CT molecular complexity index is 193. The highest BCUT2D eigenvalue weighted by molar-refractivity contribution is 5.83. The maximum Gasteiger partial charge on any atom is 0.136 e. The molecule has 0 amide bonds. The largest absolute Gasteiger partial charge is 0.299 e. The molecule has 11 heavy (non-hydrogen) atoms. The molecule has 0 radical (unpaired) electrons. The number of ketones is 1. The quantitative estimate of drug-likeness (QED) is 0.484. The molecule has 0 aromatic heterocycles. The van der Waals surface area contributed by atoms with Gasteiger partial charge >= 0.3 is 0 Å². The van der Waals surface area contributed by atoms with Crippen molar-refractivity contribution in [3.63, 3.8) is 0 Å². The van der Waals surface area contributed by atoms with Crippen LogP contribution in [-0.2, 0) is 4.79 Å². The molecule has 0 heterocycles. The van der Waals surface area contributed by atoms with Crippen LogP contribution in [-0.4, -0.2) is 5.78 Å². The Morgan fingerprint density at radius 2 is 2.27 bits per heavy atom. The van der Waals surface area contributed by atoms with Crippen molar-refractivity contribution in [2.45, 2.75) is 32.1 Å². The third kappa shape index (κ3) is 1.37. The van der Waals surface area contributed by atoms with E-state index in [1.54, 1.807) is 0 Å². The molecule has 1 nitrogen and oxygen atoms in total. The molecule has 1 saturated carbocycles. The molecule has 60 valence electrons. The van der Waals surface area contributed by atoms with Crippen LogP contribution in [0.4, 0.5) is 0 Å². The van der Waals surface area contributed by atoms with E-state index in [1.807, 2.05) is 0 Å². The van der Waals surface area contributed by atoms with Gasteiger partial charge in [0.1, 0.15) is 5.78 Å². The number of hydrogen-bond acceptors (Lipinski definition) is 1. The van der Waals surface area contributed by atoms with Crippen LogP contribution in [0.3, 0.4) is 0 Å². The average molecular weight is 150 g/mol. The molecular formula is C10H14O. The van der Waals surface area contributed by atoms with Crippen molar-refractivity contribution < 1.29 is 4.79 Å². The fourth-order valence-electron chi connectivity index (χ4n) is 2.23. The first-order valence-corrected chi connectivity index (χ1v) is 4.54. The minimum atomic E-state index is 0.421. The maximum absolute atomic E-state index is 11.3. The van der Waals surface area contributed by atoms with E-state index < -0.39 is 0 Å². The lowest BCUT2D eigenvalue weighted by Crippen LogP contribution is -2.05. The summed E-state index contributed by atoms with van der Waals surface area (Å²) in [6, 6.07) is 0. The van der Waals surface area contributed by atoms with Crippen LogP contribution in [0.5, 0.6) is 0 Å². The number of rotatable bonds is 0. The topological polar surface area (TPSA) is 17.1 Å². The minimum Gasteiger partial charge on any atom is -0.299 e. The highest BCUT2D eigenvalue weighted by atomic mass is 16.1. The molecule has 2 rings (SSSR count). The van der Waals surface area contributed by atoms with Crippen LogP contribution in [0.15, 0.2) is 12.2 Å². The van der Waals surface area contributed by atoms with Gasteiger partial charge in [0, 0.05) is 12.3 Å². The summed E-state index contributed by atoms with van der Waals surface area (Å²) in [4.78, 5) is 11.3. The van der Waals surface area contributed by atoms with Gasteiger partial charge in [0.2, 0.25) is 0 Å². The van der Waals surface area contributed by atoms with E-state index in [0.717, 1.165) is 25.7 Å². The lowest BCUT2D eigenvalue weighted by molar-refractivity contribution is -0.120. The Morgan fingerprint density at radius 1 is 1.36 bits per heavy atom. The number of allylic oxidation sites excluding steroid dienone is 2. The monoisotopic (exact) mass is 150 g/mol. The van der Waals surface area contributed by atoms with Gasteiger partial charge in [-0.2, -0.15) is 0 Å². The summed E-state index contributed by atoms with van der Waals surface area (Å²) in [5.41, 5.74) is 0. The molecule has 2 aliphatic carbocycles. The van der Waals surface area contributed by atoms with E-state index in [2.05, 4.69) is 12.2 Å². The highest BCUT2D eigenvalue weighted by Gasteiger charge is 2.31. The SMILES string of the molecule is O=C1CC2C/C=C\CCC1C2. The number of fused-ring (bicyclic) bond motifs is 2. The number of carbonyl (C=O) groups is 1. The molecule has 0 N–H and O–H groups in total. The van der Waals surface area contributed by atoms with E-state index >= 15 is 0 Å². The molecule has 2 atom stereocenters. The van der Waals surface area contributed by atoms with Gasteiger partial charge < -0.3 is 0 Å². The molecule has 0 aromatic rings. The third-order valence-corrected chi connectivity index (χ3v) is 2.88. The average Bonchev–Trinajstić information content (AvgIpc) is 2.27. The van der Waals surface area contributed by atoms with Gasteiger partial charge in [0.25, 0.3) is 0 Å². The van der Waals surface area contributed by atoms with Crippen molar-refractivity contribution in [2.75, 3.05) is 0 Å². The summed E-state index contributed by atoms with van der Waals surface area (Å²) in [5.74, 6) is 1.63. The smallest absolute Gasteiger partial charge is 0.136 e. The van der Waals surface area contributed by atoms with Gasteiger partial charge in [0.05, 0.1) is 0 Å². The van der Waals surface area contributed by atoms with Crippen molar-refractivity contribution >= 4 is 5.78 Å². The Balaban J connectivity index is 2.11. The summed E-state index contributed by atoms with van der Waals surface area (Å²) in [7, 11) is 0. The van der Waals surface area contributed by atoms with Crippen LogP contribution in [0, 0.1) is 11.8 Å². The number of hydrogen-bond donors (Lipinski definition) is 0. The molecule has 2 aliphatic rings. The second kappa shape index (κ2) is 2.80. The van der Waals surface area contributed by atoms with Crippen LogP contribution in [0.2, 0.25) is 0 Å². The molecule has 1 fully saturated rings. The molecular weight excluding hydrogens is 136 g/mol. The fraction of sp³-hybridized carbons (Fsp3) is 0.700. The Kier molecular flexibility index (Phi) is 1.80. The maximum atomic E-state index is 11.3. The summed E-state index contributed by atoms with van der Waals surface area (Å²) < 4.78 is 0. The number of Topliss-reactive ketones (excluding diaryl/α,β-unsaturated/α-hetero) is 1. The van der Waals surface area contributed by atoms with Gasteiger partial charge in [-0.1, -0.05) is 12.2 Å². The zero-order valence-electron chi connectivity index (χ0n) is 6.75.